The number of amides is 1. The zero-order valence-corrected chi connectivity index (χ0v) is 8.63. The molecule has 0 aliphatic carbocycles. The van der Waals surface area contributed by atoms with Crippen molar-refractivity contribution in [2.75, 3.05) is 13.2 Å². The van der Waals surface area contributed by atoms with Crippen molar-refractivity contribution in [3.05, 3.63) is 11.9 Å². The quantitative estimate of drug-likeness (QED) is 0.731. The van der Waals surface area contributed by atoms with Crippen molar-refractivity contribution in [2.24, 2.45) is 0 Å². The van der Waals surface area contributed by atoms with Crippen LogP contribution >= 0.6 is 0 Å². The van der Waals surface area contributed by atoms with E-state index in [1.807, 2.05) is 0 Å². The molecule has 0 aromatic carbocycles. The zero-order chi connectivity index (χ0) is 11.2. The first kappa shape index (κ1) is 12.9. The van der Waals surface area contributed by atoms with Crippen molar-refractivity contribution in [1.82, 2.24) is 5.32 Å². The first-order valence-electron chi connectivity index (χ1n) is 4.25. The number of hydrogen-bond donors (Lipinski definition) is 2. The van der Waals surface area contributed by atoms with Gasteiger partial charge < -0.3 is 15.2 Å². The van der Waals surface area contributed by atoms with Crippen LogP contribution in [0.25, 0.3) is 0 Å². The zero-order valence-electron chi connectivity index (χ0n) is 8.63. The molecule has 0 atom stereocenters. The highest BCUT2D eigenvalue weighted by molar-refractivity contribution is 5.68. The molecule has 0 heterocycles. The molecule has 0 spiro atoms. The van der Waals surface area contributed by atoms with Gasteiger partial charge in [0.1, 0.15) is 12.4 Å². The summed E-state index contributed by atoms with van der Waals surface area (Å²) in [7, 11) is 0. The highest BCUT2D eigenvalue weighted by Gasteiger charge is 2.13. The number of nitrogens with one attached hydrogen (secondary N) is 1. The number of aliphatic hydroxyl groups is 1. The molecule has 0 saturated carbocycles. The van der Waals surface area contributed by atoms with E-state index in [-0.39, 0.29) is 12.1 Å². The number of aliphatic hydroxyl groups excluding tert-OH is 1. The van der Waals surface area contributed by atoms with Crippen LogP contribution in [0.15, 0.2) is 11.9 Å². The summed E-state index contributed by atoms with van der Waals surface area (Å²) in [5, 5.41) is 10.8. The molecule has 0 aliphatic rings. The Kier molecular flexibility index (Phi) is 5.15. The van der Waals surface area contributed by atoms with Gasteiger partial charge in [0.25, 0.3) is 0 Å². The molecule has 0 aromatic rings. The van der Waals surface area contributed by atoms with Gasteiger partial charge >= 0.3 is 6.09 Å². The molecule has 4 nitrogen and oxygen atoms in total. The summed E-state index contributed by atoms with van der Waals surface area (Å²) < 4.78 is 16.9. The molecule has 2 N–H and O–H groups in total. The molecular formula is C9H16FNO3. The lowest BCUT2D eigenvalue weighted by molar-refractivity contribution is 0.148. The minimum absolute atomic E-state index is 0.186. The van der Waals surface area contributed by atoms with E-state index < -0.39 is 18.5 Å². The van der Waals surface area contributed by atoms with Crippen LogP contribution in [0.1, 0.15) is 20.8 Å². The van der Waals surface area contributed by atoms with Crippen LogP contribution in [-0.4, -0.2) is 30.0 Å². The summed E-state index contributed by atoms with van der Waals surface area (Å²) in [6.07, 6.45) is 0.391. The van der Waals surface area contributed by atoms with Gasteiger partial charge in [-0.3, -0.25) is 0 Å². The molecule has 0 radical (unpaired) electrons. The molecule has 0 fully saturated rings. The minimum Gasteiger partial charge on any atom is -0.445 e. The molecule has 0 aliphatic heterocycles. The summed E-state index contributed by atoms with van der Waals surface area (Å²) in [5.41, 5.74) is -0.379. The van der Waals surface area contributed by atoms with Crippen LogP contribution in [0, 0.1) is 0 Å². The summed E-state index contributed by atoms with van der Waals surface area (Å²) >= 11 is 0. The average Bonchev–Trinajstić information content (AvgIpc) is 2.00. The average molecular weight is 205 g/mol. The van der Waals surface area contributed by atoms with Gasteiger partial charge in [0.15, 0.2) is 0 Å². The van der Waals surface area contributed by atoms with Gasteiger partial charge in [-0.2, -0.15) is 0 Å². The maximum atomic E-state index is 12.3. The van der Waals surface area contributed by atoms with Crippen LogP contribution < -0.4 is 5.32 Å². The van der Waals surface area contributed by atoms with E-state index in [0.717, 1.165) is 6.08 Å². The molecule has 0 rings (SSSR count). The third-order valence-electron chi connectivity index (χ3n) is 1.15. The first-order valence-corrected chi connectivity index (χ1v) is 4.25. The largest absolute Gasteiger partial charge is 0.445 e. The topological polar surface area (TPSA) is 58.6 Å². The third kappa shape index (κ3) is 7.54. The smallest absolute Gasteiger partial charge is 0.407 e. The Balaban J connectivity index is 3.76. The predicted molar refractivity (Wildman–Crippen MR) is 50.5 cm³/mol. The number of halogens is 1. The fourth-order valence-corrected chi connectivity index (χ4v) is 0.615. The number of carbonyl (C=O) groups excluding carboxylic acids is 1. The van der Waals surface area contributed by atoms with Crippen LogP contribution in [0.3, 0.4) is 0 Å². The van der Waals surface area contributed by atoms with Crippen LogP contribution in [0.4, 0.5) is 9.18 Å². The first-order chi connectivity index (χ1) is 6.35. The summed E-state index contributed by atoms with van der Waals surface area (Å²) in [6, 6.07) is 0. The molecule has 0 unspecified atom stereocenters. The van der Waals surface area contributed by atoms with E-state index in [0.29, 0.717) is 0 Å². The van der Waals surface area contributed by atoms with Gasteiger partial charge in [-0.1, -0.05) is 0 Å². The van der Waals surface area contributed by atoms with Gasteiger partial charge in [0, 0.05) is 5.54 Å². The number of ether oxygens (including phenoxy) is 1. The number of hydrogen-bond acceptors (Lipinski definition) is 3. The molecule has 0 saturated heterocycles. The number of alkyl carbamates (subject to hydrolysis) is 1. The van der Waals surface area contributed by atoms with E-state index in [1.54, 1.807) is 20.8 Å². The lowest BCUT2D eigenvalue weighted by Gasteiger charge is -2.19. The molecule has 5 heteroatoms. The highest BCUT2D eigenvalue weighted by atomic mass is 19.1. The Morgan fingerprint density at radius 3 is 2.57 bits per heavy atom. The van der Waals surface area contributed by atoms with Crippen molar-refractivity contribution in [1.29, 1.82) is 0 Å². The molecule has 1 amide bonds. The Morgan fingerprint density at radius 1 is 1.57 bits per heavy atom. The van der Waals surface area contributed by atoms with Gasteiger partial charge in [-0.05, 0) is 26.8 Å². The highest BCUT2D eigenvalue weighted by Crippen LogP contribution is 1.99. The molecular weight excluding hydrogens is 189 g/mol. The van der Waals surface area contributed by atoms with Crippen molar-refractivity contribution >= 4 is 6.09 Å². The summed E-state index contributed by atoms with van der Waals surface area (Å²) in [6.45, 7) is 4.55. The third-order valence-corrected chi connectivity index (χ3v) is 1.15. The summed E-state index contributed by atoms with van der Waals surface area (Å²) in [4.78, 5) is 11.0. The SMILES string of the molecule is CC(C)(C)NC(=O)OC/C=C(\F)CO. The van der Waals surface area contributed by atoms with Gasteiger partial charge in [-0.15, -0.1) is 0 Å². The van der Waals surface area contributed by atoms with E-state index in [4.69, 9.17) is 5.11 Å². The lowest BCUT2D eigenvalue weighted by atomic mass is 10.1. The number of rotatable bonds is 3. The van der Waals surface area contributed by atoms with Crippen LogP contribution in [0.5, 0.6) is 0 Å². The Bertz CT molecular complexity index is 221. The van der Waals surface area contributed by atoms with Gasteiger partial charge in [0.2, 0.25) is 0 Å². The maximum Gasteiger partial charge on any atom is 0.407 e. The molecule has 14 heavy (non-hydrogen) atoms. The van der Waals surface area contributed by atoms with Crippen molar-refractivity contribution in [2.45, 2.75) is 26.3 Å². The van der Waals surface area contributed by atoms with E-state index in [2.05, 4.69) is 10.1 Å². The van der Waals surface area contributed by atoms with Gasteiger partial charge in [-0.25, -0.2) is 9.18 Å². The van der Waals surface area contributed by atoms with E-state index in [1.165, 1.54) is 0 Å². The second kappa shape index (κ2) is 5.59. The standard InChI is InChI=1S/C9H16FNO3/c1-9(2,3)11-8(13)14-5-4-7(10)6-12/h4,12H,5-6H2,1-3H3,(H,11,13)/b7-4-. The van der Waals surface area contributed by atoms with Crippen molar-refractivity contribution in [3.63, 3.8) is 0 Å². The Labute approximate surface area is 82.8 Å². The fraction of sp³-hybridized carbons (Fsp3) is 0.667. The minimum atomic E-state index is -0.714. The molecule has 0 bridgehead atoms. The summed E-state index contributed by atoms with van der Waals surface area (Å²) in [5.74, 6) is -0.714. The lowest BCUT2D eigenvalue weighted by Crippen LogP contribution is -2.40. The van der Waals surface area contributed by atoms with Crippen molar-refractivity contribution < 1.29 is 19.0 Å². The predicted octanol–water partition coefficient (Wildman–Crippen LogP) is 1.36. The van der Waals surface area contributed by atoms with Gasteiger partial charge in [0.05, 0.1) is 6.61 Å². The van der Waals surface area contributed by atoms with Crippen LogP contribution in [0.2, 0.25) is 0 Å². The maximum absolute atomic E-state index is 12.3. The second-order valence-corrected chi connectivity index (χ2v) is 3.78. The van der Waals surface area contributed by atoms with E-state index >= 15 is 0 Å². The van der Waals surface area contributed by atoms with Crippen molar-refractivity contribution in [3.8, 4) is 0 Å². The Hall–Kier alpha value is -1.10. The van der Waals surface area contributed by atoms with Crippen LogP contribution in [-0.2, 0) is 4.74 Å². The Morgan fingerprint density at radius 2 is 2.14 bits per heavy atom. The molecule has 82 valence electrons. The fourth-order valence-electron chi connectivity index (χ4n) is 0.615. The normalized spacial score (nSPS) is 12.5. The second-order valence-electron chi connectivity index (χ2n) is 3.78. The number of carbonyl (C=O) groups is 1. The monoisotopic (exact) mass is 205 g/mol. The molecule has 0 aromatic heterocycles. The van der Waals surface area contributed by atoms with E-state index in [9.17, 15) is 9.18 Å².